The molecule has 4 rings (SSSR count). The largest absolute Gasteiger partial charge is 0.534 e. The van der Waals surface area contributed by atoms with Crippen LogP contribution in [0.15, 0.2) is 71.5 Å². The minimum Gasteiger partial charge on any atom is -0.465 e. The van der Waals surface area contributed by atoms with Crippen LogP contribution in [0.2, 0.25) is 5.02 Å². The Kier molecular flexibility index (Phi) is 6.58. The van der Waals surface area contributed by atoms with Gasteiger partial charge in [0.15, 0.2) is 0 Å². The number of hydrogen-bond donors (Lipinski definition) is 0. The molecule has 0 bridgehead atoms. The highest BCUT2D eigenvalue weighted by Gasteiger charge is 2.48. The van der Waals surface area contributed by atoms with Crippen LogP contribution in [0.4, 0.5) is 13.2 Å². The normalized spacial score (nSPS) is 12.0. The number of carbonyl (C=O) groups excluding carboxylic acids is 1. The van der Waals surface area contributed by atoms with Gasteiger partial charge < -0.3 is 8.92 Å². The van der Waals surface area contributed by atoms with Crippen LogP contribution in [0.3, 0.4) is 0 Å². The molecular formula is C23H16ClF3N2O6S. The number of rotatable bonds is 6. The van der Waals surface area contributed by atoms with Crippen LogP contribution >= 0.6 is 11.6 Å². The Bertz CT molecular complexity index is 1630. The Morgan fingerprint density at radius 1 is 1.00 bits per heavy atom. The third kappa shape index (κ3) is 4.82. The summed E-state index contributed by atoms with van der Waals surface area (Å²) < 4.78 is 71.9. The topological polar surface area (TPSA) is 96.6 Å². The van der Waals surface area contributed by atoms with Gasteiger partial charge in [0.25, 0.3) is 0 Å². The predicted molar refractivity (Wildman–Crippen MR) is 125 cm³/mol. The summed E-state index contributed by atoms with van der Waals surface area (Å²) >= 11 is 6.14. The molecule has 0 amide bonds. The van der Waals surface area contributed by atoms with E-state index in [-0.39, 0.29) is 12.2 Å². The highest BCUT2D eigenvalue weighted by atomic mass is 35.5. The first-order valence-electron chi connectivity index (χ1n) is 10.1. The summed E-state index contributed by atoms with van der Waals surface area (Å²) in [5.41, 5.74) is -4.04. The van der Waals surface area contributed by atoms with Gasteiger partial charge in [-0.05, 0) is 60.2 Å². The maximum atomic E-state index is 13.4. The van der Waals surface area contributed by atoms with Crippen LogP contribution < -0.4 is 9.87 Å². The number of halogens is 4. The first-order chi connectivity index (χ1) is 16.9. The summed E-state index contributed by atoms with van der Waals surface area (Å²) in [5, 5.41) is 0.331. The number of imidazole rings is 1. The lowest BCUT2D eigenvalue weighted by Gasteiger charge is -2.10. The van der Waals surface area contributed by atoms with Gasteiger partial charge in [0, 0.05) is 5.02 Å². The van der Waals surface area contributed by atoms with E-state index < -0.39 is 33.0 Å². The maximum absolute atomic E-state index is 13.4. The molecule has 0 fully saturated rings. The summed E-state index contributed by atoms with van der Waals surface area (Å²) in [6.07, 6.45) is 0. The molecule has 4 aromatic rings. The van der Waals surface area contributed by atoms with E-state index in [2.05, 4.69) is 4.18 Å². The second-order valence-corrected chi connectivity index (χ2v) is 9.48. The molecule has 188 valence electrons. The van der Waals surface area contributed by atoms with E-state index in [0.717, 1.165) is 12.1 Å². The van der Waals surface area contributed by atoms with Crippen LogP contribution in [0.25, 0.3) is 16.7 Å². The van der Waals surface area contributed by atoms with Crippen molar-refractivity contribution in [2.45, 2.75) is 12.1 Å². The molecule has 8 nitrogen and oxygen atoms in total. The molecule has 0 aliphatic heterocycles. The highest BCUT2D eigenvalue weighted by molar-refractivity contribution is 7.88. The number of alkyl halides is 3. The van der Waals surface area contributed by atoms with Crippen LogP contribution in [0.5, 0.6) is 5.75 Å². The third-order valence-electron chi connectivity index (χ3n) is 5.16. The van der Waals surface area contributed by atoms with Gasteiger partial charge in [0.2, 0.25) is 0 Å². The van der Waals surface area contributed by atoms with Crippen molar-refractivity contribution in [3.8, 4) is 11.4 Å². The third-order valence-corrected chi connectivity index (χ3v) is 6.38. The molecule has 0 unspecified atom stereocenters. The lowest BCUT2D eigenvalue weighted by atomic mass is 10.1. The van der Waals surface area contributed by atoms with E-state index in [1.165, 1.54) is 34.4 Å². The Balaban J connectivity index is 1.77. The van der Waals surface area contributed by atoms with Crippen molar-refractivity contribution >= 4 is 38.7 Å². The number of ether oxygens (including phenoxy) is 1. The van der Waals surface area contributed by atoms with Crippen molar-refractivity contribution < 1.29 is 35.3 Å². The van der Waals surface area contributed by atoms with Gasteiger partial charge in [-0.1, -0.05) is 23.7 Å². The Hall–Kier alpha value is -3.77. The van der Waals surface area contributed by atoms with Crippen molar-refractivity contribution in [1.82, 2.24) is 9.13 Å². The number of benzene rings is 3. The number of esters is 1. The fourth-order valence-electron chi connectivity index (χ4n) is 3.55. The molecular weight excluding hydrogens is 525 g/mol. The lowest BCUT2D eigenvalue weighted by Crippen LogP contribution is -2.28. The first-order valence-corrected chi connectivity index (χ1v) is 11.9. The molecule has 1 heterocycles. The molecule has 0 spiro atoms. The molecule has 0 aliphatic carbocycles. The van der Waals surface area contributed by atoms with E-state index in [0.29, 0.717) is 27.2 Å². The van der Waals surface area contributed by atoms with Gasteiger partial charge in [-0.25, -0.2) is 9.59 Å². The molecule has 13 heteroatoms. The number of fused-ring (bicyclic) bond motifs is 1. The van der Waals surface area contributed by atoms with Crippen molar-refractivity contribution in [3.63, 3.8) is 0 Å². The van der Waals surface area contributed by atoms with E-state index in [9.17, 15) is 31.2 Å². The Morgan fingerprint density at radius 2 is 1.69 bits per heavy atom. The number of carbonyl (C=O) groups is 1. The molecule has 0 saturated heterocycles. The van der Waals surface area contributed by atoms with E-state index in [1.807, 2.05) is 0 Å². The van der Waals surface area contributed by atoms with Crippen molar-refractivity contribution in [2.75, 3.05) is 7.11 Å². The summed E-state index contributed by atoms with van der Waals surface area (Å²) in [4.78, 5) is 25.3. The monoisotopic (exact) mass is 540 g/mol. The van der Waals surface area contributed by atoms with Gasteiger partial charge in [0.05, 0.1) is 35.9 Å². The molecule has 36 heavy (non-hydrogen) atoms. The summed E-state index contributed by atoms with van der Waals surface area (Å²) in [6, 6.07) is 15.8. The van der Waals surface area contributed by atoms with Crippen molar-refractivity contribution in [3.05, 3.63) is 93.4 Å². The van der Waals surface area contributed by atoms with Crippen molar-refractivity contribution in [2.24, 2.45) is 0 Å². The minimum atomic E-state index is -5.84. The first kappa shape index (κ1) is 25.3. The fraction of sp³-hybridized carbons (Fsp3) is 0.130. The molecule has 0 radical (unpaired) electrons. The lowest BCUT2D eigenvalue weighted by molar-refractivity contribution is -0.0500. The smallest absolute Gasteiger partial charge is 0.465 e. The Morgan fingerprint density at radius 3 is 2.33 bits per heavy atom. The predicted octanol–water partition coefficient (Wildman–Crippen LogP) is 4.51. The summed E-state index contributed by atoms with van der Waals surface area (Å²) in [5.74, 6) is -1.11. The van der Waals surface area contributed by atoms with Crippen LogP contribution in [-0.4, -0.2) is 36.1 Å². The quantitative estimate of drug-likeness (QED) is 0.203. The fourth-order valence-corrected chi connectivity index (χ4v) is 4.18. The average Bonchev–Trinajstić information content (AvgIpc) is 3.08. The molecule has 1 aromatic heterocycles. The molecule has 0 atom stereocenters. The number of methoxy groups -OCH3 is 1. The van der Waals surface area contributed by atoms with Gasteiger partial charge in [-0.2, -0.15) is 21.6 Å². The molecule has 0 N–H and O–H groups in total. The van der Waals surface area contributed by atoms with Gasteiger partial charge in [0.1, 0.15) is 5.75 Å². The molecule has 0 aliphatic rings. The number of nitrogens with zero attached hydrogens (tertiary/aromatic N) is 2. The van der Waals surface area contributed by atoms with Gasteiger partial charge in [-0.3, -0.25) is 9.13 Å². The number of hydrogen-bond acceptors (Lipinski definition) is 6. The van der Waals surface area contributed by atoms with Crippen molar-refractivity contribution in [1.29, 1.82) is 0 Å². The van der Waals surface area contributed by atoms with Crippen LogP contribution in [-0.2, 0) is 21.4 Å². The van der Waals surface area contributed by atoms with E-state index in [1.54, 1.807) is 36.4 Å². The van der Waals surface area contributed by atoms with Crippen LogP contribution in [0.1, 0.15) is 15.9 Å². The van der Waals surface area contributed by atoms with Gasteiger partial charge >= 0.3 is 27.3 Å². The Labute approximate surface area is 207 Å². The highest BCUT2D eigenvalue weighted by Crippen LogP contribution is 2.28. The number of aromatic nitrogens is 2. The standard InChI is InChI=1S/C23H16ClF3N2O6S/c1-34-21(30)15-4-2-3-14(11-15)13-28-19-10-5-16(24)12-20(19)29(22(28)31)17-6-8-18(9-7-17)35-36(32,33)23(25,26)27/h2-12H,13H2,1H3. The van der Waals surface area contributed by atoms with E-state index >= 15 is 0 Å². The second-order valence-electron chi connectivity index (χ2n) is 7.51. The zero-order valence-electron chi connectivity index (χ0n) is 18.3. The average molecular weight is 541 g/mol. The molecule has 0 saturated carbocycles. The second kappa shape index (κ2) is 9.36. The summed E-state index contributed by atoms with van der Waals surface area (Å²) in [7, 11) is -4.59. The minimum absolute atomic E-state index is 0.0832. The van der Waals surface area contributed by atoms with E-state index in [4.69, 9.17) is 16.3 Å². The maximum Gasteiger partial charge on any atom is 0.534 e. The van der Waals surface area contributed by atoms with Crippen LogP contribution in [0, 0.1) is 0 Å². The zero-order valence-corrected chi connectivity index (χ0v) is 19.9. The van der Waals surface area contributed by atoms with Gasteiger partial charge in [-0.15, -0.1) is 0 Å². The zero-order chi connectivity index (χ0) is 26.3. The SMILES string of the molecule is COC(=O)c1cccc(Cn2c(=O)n(-c3ccc(OS(=O)(=O)C(F)(F)F)cc3)c3cc(Cl)ccc32)c1. The summed E-state index contributed by atoms with van der Waals surface area (Å²) in [6.45, 7) is 0.0832. The molecule has 3 aromatic carbocycles.